The largest absolute Gasteiger partial charge is 0.492 e. The van der Waals surface area contributed by atoms with E-state index in [0.717, 1.165) is 34.3 Å². The van der Waals surface area contributed by atoms with Crippen molar-refractivity contribution in [1.82, 2.24) is 5.32 Å². The van der Waals surface area contributed by atoms with E-state index in [4.69, 9.17) is 14.0 Å². The van der Waals surface area contributed by atoms with E-state index < -0.39 is 24.4 Å². The first-order valence-electron chi connectivity index (χ1n) is 12.0. The molecule has 0 saturated carbocycles. The molecule has 7 nitrogen and oxygen atoms in total. The van der Waals surface area contributed by atoms with E-state index in [0.29, 0.717) is 6.54 Å². The van der Waals surface area contributed by atoms with Gasteiger partial charge in [-0.25, -0.2) is 4.79 Å². The van der Waals surface area contributed by atoms with Crippen molar-refractivity contribution >= 4 is 30.9 Å². The third-order valence-corrected chi connectivity index (χ3v) is 6.94. The highest BCUT2D eigenvalue weighted by Crippen LogP contribution is 2.39. The molecule has 0 atom stereocenters. The molecule has 2 aliphatic rings. The molecule has 8 heteroatoms. The van der Waals surface area contributed by atoms with Gasteiger partial charge in [0.15, 0.2) is 0 Å². The van der Waals surface area contributed by atoms with Crippen molar-refractivity contribution < 1.29 is 23.6 Å². The Morgan fingerprint density at radius 2 is 1.77 bits per heavy atom. The third-order valence-electron chi connectivity index (χ3n) is 6.94. The molecule has 35 heavy (non-hydrogen) atoms. The van der Waals surface area contributed by atoms with Gasteiger partial charge in [-0.15, -0.1) is 0 Å². The Morgan fingerprint density at radius 3 is 2.43 bits per heavy atom. The lowest BCUT2D eigenvalue weighted by molar-refractivity contribution is -0.116. The number of carbonyl (C=O) groups excluding carboxylic acids is 2. The molecular formula is C27H33BN2O5. The second kappa shape index (κ2) is 9.87. The molecule has 0 spiro atoms. The van der Waals surface area contributed by atoms with Crippen LogP contribution in [0.5, 0.6) is 0 Å². The molecule has 0 aromatic heterocycles. The van der Waals surface area contributed by atoms with Crippen molar-refractivity contribution in [1.29, 1.82) is 0 Å². The minimum atomic E-state index is -0.614. The van der Waals surface area contributed by atoms with Crippen LogP contribution in [0, 0.1) is 0 Å². The highest BCUT2D eigenvalue weighted by Gasteiger charge is 2.52. The number of rotatable bonds is 6. The van der Waals surface area contributed by atoms with Crippen LogP contribution in [0.3, 0.4) is 0 Å². The topological polar surface area (TPSA) is 77.1 Å². The predicted octanol–water partition coefficient (Wildman–Crippen LogP) is 4.54. The average Bonchev–Trinajstić information content (AvgIpc) is 3.32. The van der Waals surface area contributed by atoms with Crippen LogP contribution in [0.4, 0.5) is 10.5 Å². The van der Waals surface area contributed by atoms with Crippen LogP contribution in [-0.2, 0) is 31.9 Å². The number of amides is 2. The van der Waals surface area contributed by atoms with Gasteiger partial charge in [0.2, 0.25) is 5.91 Å². The number of anilines is 1. The number of fused-ring (bicyclic) bond motifs is 1. The van der Waals surface area contributed by atoms with E-state index in [2.05, 4.69) is 11.4 Å². The fourth-order valence-corrected chi connectivity index (χ4v) is 4.20. The van der Waals surface area contributed by atoms with Crippen molar-refractivity contribution in [3.63, 3.8) is 0 Å². The Kier molecular flexibility index (Phi) is 7.06. The van der Waals surface area contributed by atoms with Gasteiger partial charge >= 0.3 is 13.2 Å². The zero-order valence-corrected chi connectivity index (χ0v) is 21.1. The first-order chi connectivity index (χ1) is 16.6. The third kappa shape index (κ3) is 5.60. The second-order valence-corrected chi connectivity index (χ2v) is 10.0. The van der Waals surface area contributed by atoms with E-state index in [1.165, 1.54) is 0 Å². The molecular weight excluding hydrogens is 443 g/mol. The summed E-state index contributed by atoms with van der Waals surface area (Å²) in [6.07, 6.45) is 2.28. The molecule has 1 fully saturated rings. The molecule has 1 N–H and O–H groups in total. The van der Waals surface area contributed by atoms with Gasteiger partial charge in [0, 0.05) is 25.7 Å². The molecule has 2 aliphatic heterocycles. The standard InChI is InChI=1S/C27H33BN2O5/c1-19(31)30-14-13-22-15-21(11-12-24(22)30)16-23(28-34-26(2,3)27(4,5)35-28)17-29-25(32)33-18-20-9-7-6-8-10-20/h6-12,15-16H,13-14,17-18H2,1-5H3,(H,29,32). The normalized spacial score (nSPS) is 18.4. The quantitative estimate of drug-likeness (QED) is 0.620. The molecule has 0 radical (unpaired) electrons. The summed E-state index contributed by atoms with van der Waals surface area (Å²) in [7, 11) is -0.614. The van der Waals surface area contributed by atoms with Crippen LogP contribution in [0.25, 0.3) is 6.08 Å². The first-order valence-corrected chi connectivity index (χ1v) is 12.0. The van der Waals surface area contributed by atoms with Crippen LogP contribution in [-0.4, -0.2) is 43.4 Å². The molecule has 1 saturated heterocycles. The summed E-state index contributed by atoms with van der Waals surface area (Å²) in [5, 5.41) is 2.84. The molecule has 2 aromatic rings. The van der Waals surface area contributed by atoms with Gasteiger partial charge in [0.05, 0.1) is 11.2 Å². The van der Waals surface area contributed by atoms with Gasteiger partial charge in [-0.2, -0.15) is 0 Å². The highest BCUT2D eigenvalue weighted by molar-refractivity contribution is 6.56. The lowest BCUT2D eigenvalue weighted by Crippen LogP contribution is -2.41. The number of hydrogen-bond donors (Lipinski definition) is 1. The molecule has 0 unspecified atom stereocenters. The fraction of sp³-hybridized carbons (Fsp3) is 0.407. The Balaban J connectivity index is 1.51. The monoisotopic (exact) mass is 476 g/mol. The van der Waals surface area contributed by atoms with Crippen LogP contribution < -0.4 is 10.2 Å². The lowest BCUT2D eigenvalue weighted by atomic mass is 9.77. The van der Waals surface area contributed by atoms with Gasteiger partial charge in [0.25, 0.3) is 0 Å². The summed E-state index contributed by atoms with van der Waals surface area (Å²) >= 11 is 0. The lowest BCUT2D eigenvalue weighted by Gasteiger charge is -2.32. The number of ether oxygens (including phenoxy) is 1. The molecule has 0 aliphatic carbocycles. The van der Waals surface area contributed by atoms with Crippen molar-refractivity contribution in [3.8, 4) is 0 Å². The molecule has 2 amide bonds. The molecule has 0 bridgehead atoms. The second-order valence-electron chi connectivity index (χ2n) is 10.0. The van der Waals surface area contributed by atoms with E-state index in [1.54, 1.807) is 11.8 Å². The Bertz CT molecular complexity index is 1110. The summed E-state index contributed by atoms with van der Waals surface area (Å²) < 4.78 is 17.9. The highest BCUT2D eigenvalue weighted by atomic mass is 16.7. The SMILES string of the molecule is CC(=O)N1CCc2cc(C=C(CNC(=O)OCc3ccccc3)B3OC(C)(C)C(C)(C)O3)ccc21. The Hall–Kier alpha value is -3.10. The molecule has 2 heterocycles. The predicted molar refractivity (Wildman–Crippen MR) is 137 cm³/mol. The van der Waals surface area contributed by atoms with Gasteiger partial charge in [-0.05, 0) is 68.4 Å². The maximum absolute atomic E-state index is 12.4. The number of hydrogen-bond acceptors (Lipinski definition) is 5. The smallest absolute Gasteiger partial charge is 0.445 e. The number of nitrogens with one attached hydrogen (secondary N) is 1. The molecule has 184 valence electrons. The summed E-state index contributed by atoms with van der Waals surface area (Å²) in [6.45, 7) is 10.7. The summed E-state index contributed by atoms with van der Waals surface area (Å²) in [4.78, 5) is 26.1. The number of nitrogens with zero attached hydrogens (tertiary/aromatic N) is 1. The van der Waals surface area contributed by atoms with Crippen LogP contribution in [0.1, 0.15) is 51.3 Å². The summed E-state index contributed by atoms with van der Waals surface area (Å²) in [5.41, 5.74) is 3.71. The number of benzene rings is 2. The first kappa shape index (κ1) is 25.0. The minimum Gasteiger partial charge on any atom is -0.445 e. The zero-order valence-electron chi connectivity index (χ0n) is 21.1. The summed E-state index contributed by atoms with van der Waals surface area (Å²) in [5.74, 6) is 0.0446. The van der Waals surface area contributed by atoms with Crippen LogP contribution in [0.2, 0.25) is 0 Å². The van der Waals surface area contributed by atoms with E-state index in [1.807, 2.05) is 76.2 Å². The Labute approximate surface area is 207 Å². The molecule has 4 rings (SSSR count). The van der Waals surface area contributed by atoms with E-state index >= 15 is 0 Å². The van der Waals surface area contributed by atoms with Crippen molar-refractivity contribution in [2.24, 2.45) is 0 Å². The minimum absolute atomic E-state index is 0.0446. The van der Waals surface area contributed by atoms with Crippen molar-refractivity contribution in [2.75, 3.05) is 18.0 Å². The van der Waals surface area contributed by atoms with E-state index in [9.17, 15) is 9.59 Å². The van der Waals surface area contributed by atoms with Crippen LogP contribution >= 0.6 is 0 Å². The van der Waals surface area contributed by atoms with Crippen molar-refractivity contribution in [3.05, 3.63) is 70.7 Å². The van der Waals surface area contributed by atoms with Gasteiger partial charge in [-0.1, -0.05) is 42.5 Å². The van der Waals surface area contributed by atoms with Gasteiger partial charge < -0.3 is 24.3 Å². The van der Waals surface area contributed by atoms with Gasteiger partial charge in [0.1, 0.15) is 6.61 Å². The number of alkyl carbamates (subject to hydrolysis) is 1. The maximum Gasteiger partial charge on any atom is 0.492 e. The van der Waals surface area contributed by atoms with Crippen molar-refractivity contribution in [2.45, 2.75) is 58.8 Å². The maximum atomic E-state index is 12.4. The van der Waals surface area contributed by atoms with Crippen LogP contribution in [0.15, 0.2) is 54.0 Å². The fourth-order valence-electron chi connectivity index (χ4n) is 4.20. The number of carbonyl (C=O) groups is 2. The average molecular weight is 476 g/mol. The molecule has 2 aromatic carbocycles. The van der Waals surface area contributed by atoms with Gasteiger partial charge in [-0.3, -0.25) is 4.79 Å². The summed E-state index contributed by atoms with van der Waals surface area (Å²) in [6, 6.07) is 15.6. The zero-order chi connectivity index (χ0) is 25.2. The van der Waals surface area contributed by atoms with E-state index in [-0.39, 0.29) is 19.1 Å². The Morgan fingerprint density at radius 1 is 1.09 bits per heavy atom.